The summed E-state index contributed by atoms with van der Waals surface area (Å²) >= 11 is 6.05. The zero-order valence-corrected chi connectivity index (χ0v) is 14.7. The Morgan fingerprint density at radius 3 is 2.35 bits per heavy atom. The average Bonchev–Trinajstić information content (AvgIpc) is 2.95. The smallest absolute Gasteiger partial charge is 0.229 e. The van der Waals surface area contributed by atoms with E-state index in [0.717, 1.165) is 4.90 Å². The molecule has 6 nitrogen and oxygen atoms in total. The van der Waals surface area contributed by atoms with Gasteiger partial charge in [0, 0.05) is 31.5 Å². The lowest BCUT2D eigenvalue weighted by Gasteiger charge is -2.13. The monoisotopic (exact) mass is 372 g/mol. The topological polar surface area (TPSA) is 75.7 Å². The molecule has 0 saturated carbocycles. The van der Waals surface area contributed by atoms with Gasteiger partial charge >= 0.3 is 0 Å². The number of carbonyl (C=O) groups excluding carboxylic acids is 3. The molecule has 0 spiro atoms. The highest BCUT2D eigenvalue weighted by atomic mass is 35.5. The van der Waals surface area contributed by atoms with Gasteiger partial charge in [0.2, 0.25) is 17.7 Å². The number of ether oxygens (including phenoxy) is 1. The highest BCUT2D eigenvalue weighted by molar-refractivity contribution is 6.32. The number of nitrogens with zero attached hydrogens (tertiary/aromatic N) is 1. The van der Waals surface area contributed by atoms with Gasteiger partial charge in [-0.25, -0.2) is 0 Å². The first-order valence-electron chi connectivity index (χ1n) is 8.18. The highest BCUT2D eigenvalue weighted by Crippen LogP contribution is 2.29. The highest BCUT2D eigenvalue weighted by Gasteiger charge is 2.28. The lowest BCUT2D eigenvalue weighted by atomic mass is 10.2. The van der Waals surface area contributed by atoms with E-state index in [1.807, 2.05) is 12.1 Å². The van der Waals surface area contributed by atoms with E-state index < -0.39 is 0 Å². The number of amides is 3. The van der Waals surface area contributed by atoms with Gasteiger partial charge in [0.25, 0.3) is 0 Å². The van der Waals surface area contributed by atoms with Crippen LogP contribution in [0.5, 0.6) is 11.5 Å². The molecule has 7 heteroatoms. The van der Waals surface area contributed by atoms with Gasteiger partial charge in [0.05, 0.1) is 5.02 Å². The lowest BCUT2D eigenvalue weighted by Crippen LogP contribution is -2.32. The van der Waals surface area contributed by atoms with E-state index in [1.54, 1.807) is 36.4 Å². The van der Waals surface area contributed by atoms with E-state index in [9.17, 15) is 14.4 Å². The van der Waals surface area contributed by atoms with Crippen molar-refractivity contribution in [1.82, 2.24) is 4.90 Å². The Balaban J connectivity index is 1.52. The summed E-state index contributed by atoms with van der Waals surface area (Å²) in [6, 6.07) is 14.0. The molecule has 0 aliphatic carbocycles. The molecule has 0 aromatic heterocycles. The van der Waals surface area contributed by atoms with Crippen LogP contribution in [0.1, 0.15) is 19.3 Å². The summed E-state index contributed by atoms with van der Waals surface area (Å²) in [4.78, 5) is 36.2. The molecule has 1 aliphatic rings. The van der Waals surface area contributed by atoms with E-state index >= 15 is 0 Å². The van der Waals surface area contributed by atoms with Gasteiger partial charge in [-0.3, -0.25) is 19.3 Å². The maximum absolute atomic E-state index is 12.0. The molecule has 134 valence electrons. The fraction of sp³-hybridized carbons (Fsp3) is 0.211. The van der Waals surface area contributed by atoms with Gasteiger partial charge in [-0.1, -0.05) is 23.7 Å². The van der Waals surface area contributed by atoms with Crippen molar-refractivity contribution < 1.29 is 19.1 Å². The summed E-state index contributed by atoms with van der Waals surface area (Å²) in [5, 5.41) is 3.24. The maximum Gasteiger partial charge on any atom is 0.229 e. The van der Waals surface area contributed by atoms with Gasteiger partial charge in [-0.15, -0.1) is 0 Å². The van der Waals surface area contributed by atoms with Gasteiger partial charge in [-0.2, -0.15) is 0 Å². The molecule has 1 N–H and O–H groups in total. The first-order valence-corrected chi connectivity index (χ1v) is 8.56. The number of benzene rings is 2. The third-order valence-electron chi connectivity index (χ3n) is 3.92. The Bertz CT molecular complexity index is 820. The molecule has 0 unspecified atom stereocenters. The van der Waals surface area contributed by atoms with Crippen molar-refractivity contribution in [3.63, 3.8) is 0 Å². The molecule has 1 fully saturated rings. The van der Waals surface area contributed by atoms with Crippen molar-refractivity contribution in [3.8, 4) is 11.5 Å². The second-order valence-electron chi connectivity index (χ2n) is 5.79. The van der Waals surface area contributed by atoms with Gasteiger partial charge in [0.1, 0.15) is 11.5 Å². The second-order valence-corrected chi connectivity index (χ2v) is 6.20. The number of likely N-dealkylation sites (tertiary alicyclic amines) is 1. The maximum atomic E-state index is 12.0. The van der Waals surface area contributed by atoms with Crippen molar-refractivity contribution in [3.05, 3.63) is 53.6 Å². The van der Waals surface area contributed by atoms with Crippen LogP contribution in [0, 0.1) is 0 Å². The molecule has 0 bridgehead atoms. The summed E-state index contributed by atoms with van der Waals surface area (Å²) in [7, 11) is 0. The summed E-state index contributed by atoms with van der Waals surface area (Å²) in [5.41, 5.74) is 0.598. The van der Waals surface area contributed by atoms with Crippen molar-refractivity contribution in [2.24, 2.45) is 0 Å². The zero-order chi connectivity index (χ0) is 18.5. The van der Waals surface area contributed by atoms with Crippen molar-refractivity contribution in [1.29, 1.82) is 0 Å². The molecular formula is C19H17ClN2O4. The van der Waals surface area contributed by atoms with E-state index in [1.165, 1.54) is 0 Å². The van der Waals surface area contributed by atoms with Crippen LogP contribution in [-0.4, -0.2) is 29.2 Å². The van der Waals surface area contributed by atoms with E-state index in [-0.39, 0.29) is 43.5 Å². The predicted octanol–water partition coefficient (Wildman–Crippen LogP) is 3.61. The Morgan fingerprint density at radius 1 is 1.04 bits per heavy atom. The predicted molar refractivity (Wildman–Crippen MR) is 97.2 cm³/mol. The standard InChI is InChI=1S/C19H17ClN2O4/c20-15-3-1-2-4-16(15)26-14-7-5-13(6-8-14)21-17(23)11-12-22-18(24)9-10-19(22)25/h1-8H,9-12H2,(H,21,23). The minimum atomic E-state index is -0.266. The SMILES string of the molecule is O=C(CCN1C(=O)CCC1=O)Nc1ccc(Oc2ccccc2Cl)cc1. The Labute approximate surface area is 155 Å². The van der Waals surface area contributed by atoms with Crippen LogP contribution >= 0.6 is 11.6 Å². The summed E-state index contributed by atoms with van der Waals surface area (Å²) in [6.07, 6.45) is 0.524. The molecular weight excluding hydrogens is 356 g/mol. The molecule has 26 heavy (non-hydrogen) atoms. The van der Waals surface area contributed by atoms with Gasteiger partial charge in [-0.05, 0) is 36.4 Å². The average molecular weight is 373 g/mol. The van der Waals surface area contributed by atoms with Crippen LogP contribution in [0.15, 0.2) is 48.5 Å². The van der Waals surface area contributed by atoms with Crippen LogP contribution in [0.2, 0.25) is 5.02 Å². The van der Waals surface area contributed by atoms with Gasteiger partial charge in [0.15, 0.2) is 0 Å². The molecule has 0 radical (unpaired) electrons. The van der Waals surface area contributed by atoms with E-state index in [0.29, 0.717) is 22.2 Å². The Kier molecular flexibility index (Phi) is 5.53. The first kappa shape index (κ1) is 17.9. The summed E-state index contributed by atoms with van der Waals surface area (Å²) < 4.78 is 5.68. The van der Waals surface area contributed by atoms with E-state index in [4.69, 9.17) is 16.3 Å². The van der Waals surface area contributed by atoms with Crippen LogP contribution < -0.4 is 10.1 Å². The first-order chi connectivity index (χ1) is 12.5. The van der Waals surface area contributed by atoms with Gasteiger partial charge < -0.3 is 10.1 Å². The molecule has 0 atom stereocenters. The number of anilines is 1. The number of carbonyl (C=O) groups is 3. The van der Waals surface area contributed by atoms with E-state index in [2.05, 4.69) is 5.32 Å². The molecule has 2 aromatic carbocycles. The van der Waals surface area contributed by atoms with Crippen molar-refractivity contribution in [2.75, 3.05) is 11.9 Å². The molecule has 1 aliphatic heterocycles. The van der Waals surface area contributed by atoms with Crippen LogP contribution in [0.4, 0.5) is 5.69 Å². The number of para-hydroxylation sites is 1. The number of hydrogen-bond donors (Lipinski definition) is 1. The van der Waals surface area contributed by atoms with Crippen LogP contribution in [0.25, 0.3) is 0 Å². The molecule has 3 rings (SSSR count). The third kappa shape index (κ3) is 4.40. The number of rotatable bonds is 6. The van der Waals surface area contributed by atoms with Crippen LogP contribution in [0.3, 0.4) is 0 Å². The number of hydrogen-bond acceptors (Lipinski definition) is 4. The fourth-order valence-corrected chi connectivity index (χ4v) is 2.74. The summed E-state index contributed by atoms with van der Waals surface area (Å²) in [5.74, 6) is 0.431. The second kappa shape index (κ2) is 8.01. The number of nitrogens with one attached hydrogen (secondary N) is 1. The quantitative estimate of drug-likeness (QED) is 0.786. The number of imide groups is 1. The zero-order valence-electron chi connectivity index (χ0n) is 13.9. The molecule has 1 saturated heterocycles. The largest absolute Gasteiger partial charge is 0.456 e. The Hall–Kier alpha value is -2.86. The Morgan fingerprint density at radius 2 is 1.69 bits per heavy atom. The third-order valence-corrected chi connectivity index (χ3v) is 4.23. The molecule has 1 heterocycles. The lowest BCUT2D eigenvalue weighted by molar-refractivity contribution is -0.138. The van der Waals surface area contributed by atoms with Crippen molar-refractivity contribution in [2.45, 2.75) is 19.3 Å². The minimum Gasteiger partial charge on any atom is -0.456 e. The normalized spacial score (nSPS) is 13.8. The number of halogens is 1. The summed E-state index contributed by atoms with van der Waals surface area (Å²) in [6.45, 7) is 0.108. The fourth-order valence-electron chi connectivity index (χ4n) is 2.57. The minimum absolute atomic E-state index is 0.0648. The molecule has 3 amide bonds. The van der Waals surface area contributed by atoms with Crippen LogP contribution in [-0.2, 0) is 14.4 Å². The molecule has 2 aromatic rings. The van der Waals surface area contributed by atoms with Crippen molar-refractivity contribution >= 4 is 35.0 Å².